The van der Waals surface area contributed by atoms with Crippen molar-refractivity contribution in [1.29, 1.82) is 0 Å². The van der Waals surface area contributed by atoms with Gasteiger partial charge in [0.15, 0.2) is 0 Å². The van der Waals surface area contributed by atoms with Gasteiger partial charge in [0.1, 0.15) is 5.60 Å². The average Bonchev–Trinajstić information content (AvgIpc) is 2.38. The Balaban J connectivity index is 2.37. The maximum Gasteiger partial charge on any atom is 0.112 e. The predicted octanol–water partition coefficient (Wildman–Crippen LogP) is 4.89. The zero-order valence-corrected chi connectivity index (χ0v) is 13.2. The van der Waals surface area contributed by atoms with Gasteiger partial charge in [0.05, 0.1) is 0 Å². The van der Waals surface area contributed by atoms with Gasteiger partial charge >= 0.3 is 0 Å². The molecule has 0 bridgehead atoms. The molecule has 0 aliphatic carbocycles. The smallest absolute Gasteiger partial charge is 0.112 e. The van der Waals surface area contributed by atoms with Crippen molar-refractivity contribution in [3.63, 3.8) is 0 Å². The molecule has 1 N–H and O–H groups in total. The topological polar surface area (TPSA) is 20.2 Å². The van der Waals surface area contributed by atoms with Gasteiger partial charge in [-0.1, -0.05) is 68.8 Å². The van der Waals surface area contributed by atoms with Gasteiger partial charge in [-0.3, -0.25) is 0 Å². The molecule has 1 nitrogen and oxygen atoms in total. The predicted molar refractivity (Wildman–Crippen MR) is 85.3 cm³/mol. The van der Waals surface area contributed by atoms with Crippen LogP contribution in [0, 0.1) is 0 Å². The van der Waals surface area contributed by atoms with E-state index in [2.05, 4.69) is 32.9 Å². The Kier molecular flexibility index (Phi) is 3.95. The number of rotatable bonds is 2. The summed E-state index contributed by atoms with van der Waals surface area (Å²) in [6.07, 6.45) is 0. The van der Waals surface area contributed by atoms with Crippen LogP contribution in [0.3, 0.4) is 0 Å². The Bertz CT molecular complexity index is 574. The van der Waals surface area contributed by atoms with Gasteiger partial charge in [-0.15, -0.1) is 0 Å². The summed E-state index contributed by atoms with van der Waals surface area (Å²) in [4.78, 5) is 0. The van der Waals surface area contributed by atoms with Crippen molar-refractivity contribution in [3.8, 4) is 0 Å². The normalized spacial score (nSPS) is 14.9. The molecule has 2 heteroatoms. The van der Waals surface area contributed by atoms with Crippen LogP contribution in [0.2, 0.25) is 5.02 Å². The van der Waals surface area contributed by atoms with Crippen LogP contribution < -0.4 is 0 Å². The van der Waals surface area contributed by atoms with Crippen LogP contribution in [0.15, 0.2) is 48.5 Å². The highest BCUT2D eigenvalue weighted by atomic mass is 35.5. The number of halogens is 1. The molecule has 1 unspecified atom stereocenters. The van der Waals surface area contributed by atoms with Crippen LogP contribution in [0.25, 0.3) is 0 Å². The van der Waals surface area contributed by atoms with Gasteiger partial charge in [-0.2, -0.15) is 0 Å². The Morgan fingerprint density at radius 1 is 0.700 bits per heavy atom. The van der Waals surface area contributed by atoms with Gasteiger partial charge in [-0.05, 0) is 41.2 Å². The molecule has 0 heterocycles. The number of hydrogen-bond donors (Lipinski definition) is 1. The van der Waals surface area contributed by atoms with E-state index in [1.807, 2.05) is 31.2 Å². The zero-order chi connectivity index (χ0) is 15.0. The first-order chi connectivity index (χ1) is 9.21. The van der Waals surface area contributed by atoms with Crippen LogP contribution in [0.1, 0.15) is 44.4 Å². The Hall–Kier alpha value is -1.31. The second-order valence-electron chi connectivity index (χ2n) is 6.41. The molecule has 0 aliphatic heterocycles. The minimum atomic E-state index is -1.01. The van der Waals surface area contributed by atoms with E-state index in [0.717, 1.165) is 11.1 Å². The number of aliphatic hydroxyl groups is 1. The van der Waals surface area contributed by atoms with Crippen molar-refractivity contribution < 1.29 is 5.11 Å². The quantitative estimate of drug-likeness (QED) is 0.834. The molecule has 106 valence electrons. The lowest BCUT2D eigenvalue weighted by atomic mass is 9.83. The number of benzene rings is 2. The molecule has 2 aromatic carbocycles. The summed E-state index contributed by atoms with van der Waals surface area (Å²) in [6.45, 7) is 8.35. The van der Waals surface area contributed by atoms with Gasteiger partial charge in [0.2, 0.25) is 0 Å². The third kappa shape index (κ3) is 3.05. The molecule has 2 rings (SSSR count). The van der Waals surface area contributed by atoms with E-state index >= 15 is 0 Å². The maximum absolute atomic E-state index is 10.8. The Morgan fingerprint density at radius 2 is 1.05 bits per heavy atom. The highest BCUT2D eigenvalue weighted by Gasteiger charge is 2.26. The summed E-state index contributed by atoms with van der Waals surface area (Å²) < 4.78 is 0. The van der Waals surface area contributed by atoms with Crippen molar-refractivity contribution in [2.24, 2.45) is 0 Å². The zero-order valence-electron chi connectivity index (χ0n) is 12.4. The maximum atomic E-state index is 10.8. The third-order valence-corrected chi connectivity index (χ3v) is 3.97. The molecule has 2 aromatic rings. The van der Waals surface area contributed by atoms with Crippen LogP contribution in [0.4, 0.5) is 0 Å². The first-order valence-electron chi connectivity index (χ1n) is 6.81. The fourth-order valence-corrected chi connectivity index (χ4v) is 2.36. The SMILES string of the molecule is CC(C)(C)c1ccc(C(C)(O)c2ccc(Cl)cc2)cc1. The molecule has 0 fully saturated rings. The molecule has 0 aliphatic rings. The van der Waals surface area contributed by atoms with Gasteiger partial charge in [0.25, 0.3) is 0 Å². The molecule has 0 saturated carbocycles. The Morgan fingerprint density at radius 3 is 1.45 bits per heavy atom. The van der Waals surface area contributed by atoms with Crippen molar-refractivity contribution in [2.75, 3.05) is 0 Å². The van der Waals surface area contributed by atoms with Crippen LogP contribution in [-0.2, 0) is 11.0 Å². The lowest BCUT2D eigenvalue weighted by molar-refractivity contribution is 0.102. The van der Waals surface area contributed by atoms with E-state index in [1.54, 1.807) is 12.1 Å². The average molecular weight is 289 g/mol. The van der Waals surface area contributed by atoms with Gasteiger partial charge in [-0.25, -0.2) is 0 Å². The fourth-order valence-electron chi connectivity index (χ4n) is 2.24. The van der Waals surface area contributed by atoms with Crippen molar-refractivity contribution in [2.45, 2.75) is 38.7 Å². The standard InChI is InChI=1S/C18H21ClO/c1-17(2,3)13-5-7-14(8-6-13)18(4,20)15-9-11-16(19)12-10-15/h5-12,20H,1-4H3. The van der Waals surface area contributed by atoms with Gasteiger partial charge in [0, 0.05) is 5.02 Å². The van der Waals surface area contributed by atoms with Crippen molar-refractivity contribution >= 4 is 11.6 Å². The summed E-state index contributed by atoms with van der Waals surface area (Å²) in [5, 5.41) is 11.5. The third-order valence-electron chi connectivity index (χ3n) is 3.72. The van der Waals surface area contributed by atoms with E-state index in [9.17, 15) is 5.11 Å². The summed E-state index contributed by atoms with van der Waals surface area (Å²) in [5.41, 5.74) is 2.08. The monoisotopic (exact) mass is 288 g/mol. The van der Waals surface area contributed by atoms with Gasteiger partial charge < -0.3 is 5.11 Å². The second-order valence-corrected chi connectivity index (χ2v) is 6.84. The van der Waals surface area contributed by atoms with E-state index in [4.69, 9.17) is 11.6 Å². The number of hydrogen-bond acceptors (Lipinski definition) is 1. The van der Waals surface area contributed by atoms with Crippen LogP contribution in [0.5, 0.6) is 0 Å². The molecular weight excluding hydrogens is 268 g/mol. The summed E-state index contributed by atoms with van der Waals surface area (Å²) >= 11 is 5.90. The van der Waals surface area contributed by atoms with E-state index in [-0.39, 0.29) is 5.41 Å². The van der Waals surface area contributed by atoms with E-state index in [0.29, 0.717) is 5.02 Å². The molecule has 0 saturated heterocycles. The largest absolute Gasteiger partial charge is 0.381 e. The lowest BCUT2D eigenvalue weighted by Gasteiger charge is -2.26. The van der Waals surface area contributed by atoms with Crippen molar-refractivity contribution in [3.05, 3.63) is 70.2 Å². The molecular formula is C18H21ClO. The first kappa shape index (κ1) is 15.1. The highest BCUT2D eigenvalue weighted by molar-refractivity contribution is 6.30. The molecule has 1 atom stereocenters. The molecule has 20 heavy (non-hydrogen) atoms. The summed E-state index contributed by atoms with van der Waals surface area (Å²) in [6, 6.07) is 15.5. The highest BCUT2D eigenvalue weighted by Crippen LogP contribution is 2.31. The summed E-state index contributed by atoms with van der Waals surface area (Å²) in [7, 11) is 0. The van der Waals surface area contributed by atoms with Crippen LogP contribution >= 0.6 is 11.6 Å². The minimum Gasteiger partial charge on any atom is -0.381 e. The minimum absolute atomic E-state index is 0.116. The lowest BCUT2D eigenvalue weighted by Crippen LogP contribution is -2.23. The molecule has 0 amide bonds. The molecule has 0 aromatic heterocycles. The van der Waals surface area contributed by atoms with E-state index in [1.165, 1.54) is 5.56 Å². The summed E-state index contributed by atoms with van der Waals surface area (Å²) in [5.74, 6) is 0. The Labute approximate surface area is 126 Å². The van der Waals surface area contributed by atoms with Crippen LogP contribution in [-0.4, -0.2) is 5.11 Å². The molecule has 0 radical (unpaired) electrons. The first-order valence-corrected chi connectivity index (χ1v) is 7.18. The van der Waals surface area contributed by atoms with Crippen molar-refractivity contribution in [1.82, 2.24) is 0 Å². The second kappa shape index (κ2) is 5.23. The fraction of sp³-hybridized carbons (Fsp3) is 0.333. The molecule has 0 spiro atoms. The van der Waals surface area contributed by atoms with E-state index < -0.39 is 5.60 Å².